The van der Waals surface area contributed by atoms with Crippen molar-refractivity contribution in [1.29, 1.82) is 0 Å². The molecule has 0 heterocycles. The van der Waals surface area contributed by atoms with Crippen LogP contribution < -0.4 is 0 Å². The molecule has 0 aromatic heterocycles. The molecule has 0 saturated heterocycles. The second-order valence-electron chi connectivity index (χ2n) is 3.02. The molecule has 0 bridgehead atoms. The number of rotatable bonds is 2. The van der Waals surface area contributed by atoms with Crippen molar-refractivity contribution >= 4 is 29.2 Å². The zero-order valence-corrected chi connectivity index (χ0v) is 9.46. The van der Waals surface area contributed by atoms with Crippen LogP contribution in [0, 0.1) is 21.7 Å². The lowest BCUT2D eigenvalue weighted by Gasteiger charge is -2.04. The Balaban J connectivity index is 3.41. The SMILES string of the molecule is CC(=O)OC(=O)c1cc([N+](=O)[O-])c(F)c(Cl)c1F. The fourth-order valence-corrected chi connectivity index (χ4v) is 1.26. The molecule has 0 aliphatic carbocycles. The van der Waals surface area contributed by atoms with Crippen LogP contribution in [0.3, 0.4) is 0 Å². The highest BCUT2D eigenvalue weighted by Crippen LogP contribution is 2.30. The van der Waals surface area contributed by atoms with Gasteiger partial charge in [0.2, 0.25) is 5.82 Å². The van der Waals surface area contributed by atoms with Crippen LogP contribution in [0.15, 0.2) is 6.07 Å². The first-order valence-electron chi connectivity index (χ1n) is 4.30. The molecule has 0 N–H and O–H groups in total. The van der Waals surface area contributed by atoms with E-state index in [1.165, 1.54) is 0 Å². The minimum Gasteiger partial charge on any atom is -0.390 e. The maximum absolute atomic E-state index is 13.4. The van der Waals surface area contributed by atoms with Crippen LogP contribution >= 0.6 is 11.6 Å². The fraction of sp³-hybridized carbons (Fsp3) is 0.111. The van der Waals surface area contributed by atoms with E-state index in [2.05, 4.69) is 4.74 Å². The van der Waals surface area contributed by atoms with E-state index in [1.54, 1.807) is 0 Å². The minimum absolute atomic E-state index is 0.307. The Morgan fingerprint density at radius 1 is 1.39 bits per heavy atom. The molecule has 1 aromatic rings. The molecule has 96 valence electrons. The van der Waals surface area contributed by atoms with E-state index >= 15 is 0 Å². The Bertz CT molecular complexity index is 560. The maximum Gasteiger partial charge on any atom is 0.349 e. The number of hydrogen-bond donors (Lipinski definition) is 0. The van der Waals surface area contributed by atoms with Crippen LogP contribution in [-0.4, -0.2) is 16.9 Å². The molecule has 0 fully saturated rings. The van der Waals surface area contributed by atoms with Crippen LogP contribution in [-0.2, 0) is 9.53 Å². The summed E-state index contributed by atoms with van der Waals surface area (Å²) < 4.78 is 30.6. The van der Waals surface area contributed by atoms with Crippen LogP contribution in [0.4, 0.5) is 14.5 Å². The normalized spacial score (nSPS) is 10.0. The number of benzene rings is 1. The molecule has 1 rings (SSSR count). The molecule has 0 aliphatic heterocycles. The monoisotopic (exact) mass is 279 g/mol. The minimum atomic E-state index is -1.61. The van der Waals surface area contributed by atoms with Gasteiger partial charge in [0.1, 0.15) is 10.6 Å². The van der Waals surface area contributed by atoms with Crippen LogP contribution in [0.25, 0.3) is 0 Å². The third-order valence-corrected chi connectivity index (χ3v) is 2.11. The highest BCUT2D eigenvalue weighted by Gasteiger charge is 2.28. The molecule has 6 nitrogen and oxygen atoms in total. The van der Waals surface area contributed by atoms with Crippen molar-refractivity contribution in [2.24, 2.45) is 0 Å². The number of hydrogen-bond acceptors (Lipinski definition) is 5. The van der Waals surface area contributed by atoms with E-state index in [9.17, 15) is 28.5 Å². The standard InChI is InChI=1S/C9H4ClF2NO5/c1-3(14)18-9(15)4-2-5(13(16)17)8(12)6(10)7(4)11/h2H,1H3. The molecule has 0 aliphatic rings. The van der Waals surface area contributed by atoms with E-state index in [1.807, 2.05) is 0 Å². The predicted octanol–water partition coefficient (Wildman–Crippen LogP) is 2.23. The summed E-state index contributed by atoms with van der Waals surface area (Å²) in [5, 5.41) is 9.23. The first kappa shape index (κ1) is 14.0. The van der Waals surface area contributed by atoms with Crippen molar-refractivity contribution in [1.82, 2.24) is 0 Å². The van der Waals surface area contributed by atoms with Crippen molar-refractivity contribution in [3.63, 3.8) is 0 Å². The first-order valence-corrected chi connectivity index (χ1v) is 4.68. The molecule has 0 radical (unpaired) electrons. The average Bonchev–Trinajstić information content (AvgIpc) is 2.24. The van der Waals surface area contributed by atoms with Crippen molar-refractivity contribution in [3.8, 4) is 0 Å². The van der Waals surface area contributed by atoms with Gasteiger partial charge in [0.25, 0.3) is 0 Å². The predicted molar refractivity (Wildman–Crippen MR) is 54.1 cm³/mol. The Morgan fingerprint density at radius 3 is 2.39 bits per heavy atom. The fourth-order valence-electron chi connectivity index (χ4n) is 1.06. The van der Waals surface area contributed by atoms with Gasteiger partial charge >= 0.3 is 17.6 Å². The smallest absolute Gasteiger partial charge is 0.349 e. The third kappa shape index (κ3) is 2.59. The number of nitro benzene ring substituents is 1. The molecule has 0 amide bonds. The topological polar surface area (TPSA) is 86.5 Å². The van der Waals surface area contributed by atoms with Crippen LogP contribution in [0.5, 0.6) is 0 Å². The molecule has 0 spiro atoms. The summed E-state index contributed by atoms with van der Waals surface area (Å²) in [6.45, 7) is 0.870. The zero-order valence-electron chi connectivity index (χ0n) is 8.70. The molecular formula is C9H4ClF2NO5. The molecule has 0 unspecified atom stereocenters. The Kier molecular flexibility index (Phi) is 3.92. The van der Waals surface area contributed by atoms with Gasteiger partial charge in [-0.3, -0.25) is 14.9 Å². The van der Waals surface area contributed by atoms with Gasteiger partial charge in [-0.2, -0.15) is 4.39 Å². The quantitative estimate of drug-likeness (QED) is 0.272. The summed E-state index contributed by atoms with van der Waals surface area (Å²) in [5.41, 5.74) is -2.19. The van der Waals surface area contributed by atoms with E-state index in [4.69, 9.17) is 11.6 Å². The van der Waals surface area contributed by atoms with E-state index in [0.29, 0.717) is 6.07 Å². The van der Waals surface area contributed by atoms with Gasteiger partial charge in [-0.25, -0.2) is 9.18 Å². The second kappa shape index (κ2) is 5.05. The molecule has 9 heteroatoms. The largest absolute Gasteiger partial charge is 0.390 e. The van der Waals surface area contributed by atoms with Crippen molar-refractivity contribution in [3.05, 3.63) is 38.4 Å². The van der Waals surface area contributed by atoms with E-state index < -0.39 is 44.8 Å². The summed E-state index contributed by atoms with van der Waals surface area (Å²) in [4.78, 5) is 31.0. The molecule has 1 aromatic carbocycles. The van der Waals surface area contributed by atoms with Gasteiger partial charge < -0.3 is 4.74 Å². The lowest BCUT2D eigenvalue weighted by Crippen LogP contribution is -2.12. The highest BCUT2D eigenvalue weighted by atomic mass is 35.5. The number of nitrogens with zero attached hydrogens (tertiary/aromatic N) is 1. The van der Waals surface area contributed by atoms with Crippen LogP contribution in [0.1, 0.15) is 17.3 Å². The highest BCUT2D eigenvalue weighted by molar-refractivity contribution is 6.31. The van der Waals surface area contributed by atoms with Gasteiger partial charge in [-0.1, -0.05) is 11.6 Å². The second-order valence-corrected chi connectivity index (χ2v) is 3.40. The summed E-state index contributed by atoms with van der Waals surface area (Å²) in [6.07, 6.45) is 0. The average molecular weight is 280 g/mol. The first-order chi connectivity index (χ1) is 8.25. The Hall–Kier alpha value is -2.09. The van der Waals surface area contributed by atoms with Crippen LogP contribution in [0.2, 0.25) is 5.02 Å². The lowest BCUT2D eigenvalue weighted by molar-refractivity contribution is -0.387. The van der Waals surface area contributed by atoms with E-state index in [0.717, 1.165) is 6.92 Å². The maximum atomic E-state index is 13.4. The zero-order chi connectivity index (χ0) is 14.0. The Morgan fingerprint density at radius 2 is 1.94 bits per heavy atom. The van der Waals surface area contributed by atoms with Gasteiger partial charge in [0, 0.05) is 13.0 Å². The van der Waals surface area contributed by atoms with Gasteiger partial charge in [0.05, 0.1) is 4.92 Å². The van der Waals surface area contributed by atoms with E-state index in [-0.39, 0.29) is 0 Å². The van der Waals surface area contributed by atoms with Gasteiger partial charge in [-0.15, -0.1) is 0 Å². The third-order valence-electron chi connectivity index (χ3n) is 1.78. The summed E-state index contributed by atoms with van der Waals surface area (Å²) in [5.74, 6) is -5.70. The Labute approximate surface area is 103 Å². The lowest BCUT2D eigenvalue weighted by atomic mass is 10.2. The molecule has 0 saturated carbocycles. The molecular weight excluding hydrogens is 276 g/mol. The van der Waals surface area contributed by atoms with Crippen molar-refractivity contribution in [2.75, 3.05) is 0 Å². The number of carbonyl (C=O) groups is 2. The van der Waals surface area contributed by atoms with Crippen molar-refractivity contribution < 1.29 is 28.0 Å². The van der Waals surface area contributed by atoms with Gasteiger partial charge in [-0.05, 0) is 0 Å². The summed E-state index contributed by atoms with van der Waals surface area (Å²) in [6, 6.07) is 0.307. The van der Waals surface area contributed by atoms with Gasteiger partial charge in [0.15, 0.2) is 5.82 Å². The summed E-state index contributed by atoms with van der Waals surface area (Å²) >= 11 is 5.17. The number of esters is 2. The number of halogens is 3. The number of ether oxygens (including phenoxy) is 1. The number of nitro groups is 1. The summed E-state index contributed by atoms with van der Waals surface area (Å²) in [7, 11) is 0. The molecule has 18 heavy (non-hydrogen) atoms. The molecule has 0 atom stereocenters. The van der Waals surface area contributed by atoms with Crippen molar-refractivity contribution in [2.45, 2.75) is 6.92 Å². The number of carbonyl (C=O) groups excluding carboxylic acids is 2.